The van der Waals surface area contributed by atoms with Crippen LogP contribution in [0, 0.1) is 7.05 Å². The van der Waals surface area contributed by atoms with Gasteiger partial charge in [0.15, 0.2) is 0 Å². The van der Waals surface area contributed by atoms with E-state index in [0.29, 0.717) is 6.61 Å². The van der Waals surface area contributed by atoms with Crippen LogP contribution in [0.25, 0.3) is 0 Å². The third-order valence-corrected chi connectivity index (χ3v) is 2.83. The molecule has 3 heteroatoms. The molecule has 1 fully saturated rings. The minimum atomic E-state index is 0.713. The number of anilines is 1. The van der Waals surface area contributed by atoms with Gasteiger partial charge >= 0.3 is 0 Å². The highest BCUT2D eigenvalue weighted by molar-refractivity contribution is 5.49. The highest BCUT2D eigenvalue weighted by atomic mass is 16.5. The van der Waals surface area contributed by atoms with Crippen LogP contribution in [-0.2, 0) is 0 Å². The van der Waals surface area contributed by atoms with E-state index < -0.39 is 0 Å². The molecular formula is C13H18N2O. The summed E-state index contributed by atoms with van der Waals surface area (Å²) in [5.74, 6) is 0.934. The van der Waals surface area contributed by atoms with Crippen LogP contribution in [0.3, 0.4) is 0 Å². The maximum absolute atomic E-state index is 5.73. The molecule has 1 aromatic carbocycles. The van der Waals surface area contributed by atoms with Crippen molar-refractivity contribution in [1.29, 1.82) is 0 Å². The van der Waals surface area contributed by atoms with Crippen LogP contribution in [0.15, 0.2) is 24.3 Å². The second-order valence-corrected chi connectivity index (χ2v) is 3.95. The second-order valence-electron chi connectivity index (χ2n) is 3.95. The quantitative estimate of drug-likeness (QED) is 0.770. The number of piperazine rings is 1. The van der Waals surface area contributed by atoms with Crippen molar-refractivity contribution < 1.29 is 4.74 Å². The molecule has 86 valence electrons. The van der Waals surface area contributed by atoms with E-state index in [2.05, 4.69) is 17.0 Å². The van der Waals surface area contributed by atoms with Crippen molar-refractivity contribution in [3.63, 3.8) is 0 Å². The Balaban J connectivity index is 1.98. The summed E-state index contributed by atoms with van der Waals surface area (Å²) in [6.45, 7) is 6.54. The van der Waals surface area contributed by atoms with Crippen LogP contribution >= 0.6 is 0 Å². The Kier molecular flexibility index (Phi) is 3.67. The predicted molar refractivity (Wildman–Crippen MR) is 65.7 cm³/mol. The molecule has 0 amide bonds. The van der Waals surface area contributed by atoms with Gasteiger partial charge in [0.05, 0.1) is 6.61 Å². The molecule has 1 aliphatic heterocycles. The summed E-state index contributed by atoms with van der Waals surface area (Å²) in [6, 6.07) is 8.26. The van der Waals surface area contributed by atoms with Gasteiger partial charge in [0.2, 0.25) is 0 Å². The first-order valence-electron chi connectivity index (χ1n) is 5.77. The maximum Gasteiger partial charge on any atom is 0.119 e. The first kappa shape index (κ1) is 11.3. The molecule has 0 aromatic heterocycles. The van der Waals surface area contributed by atoms with Gasteiger partial charge in [0.25, 0.3) is 0 Å². The van der Waals surface area contributed by atoms with Gasteiger partial charge in [-0.15, -0.1) is 0 Å². The fourth-order valence-corrected chi connectivity index (χ4v) is 1.90. The highest BCUT2D eigenvalue weighted by Gasteiger charge is 2.14. The number of hydrogen-bond acceptors (Lipinski definition) is 3. The van der Waals surface area contributed by atoms with Gasteiger partial charge in [-0.25, -0.2) is 0 Å². The number of hydrogen-bond donors (Lipinski definition) is 0. The molecular weight excluding hydrogens is 200 g/mol. The number of nitrogens with zero attached hydrogens (tertiary/aromatic N) is 2. The van der Waals surface area contributed by atoms with Gasteiger partial charge in [-0.05, 0) is 31.2 Å². The number of benzene rings is 1. The van der Waals surface area contributed by atoms with Crippen LogP contribution in [0.5, 0.6) is 5.75 Å². The van der Waals surface area contributed by atoms with Crippen LogP contribution in [-0.4, -0.2) is 37.7 Å². The van der Waals surface area contributed by atoms with Crippen LogP contribution in [0.2, 0.25) is 0 Å². The highest BCUT2D eigenvalue weighted by Crippen LogP contribution is 2.20. The molecule has 0 atom stereocenters. The lowest BCUT2D eigenvalue weighted by atomic mass is 10.2. The minimum Gasteiger partial charge on any atom is -0.494 e. The molecule has 1 aromatic rings. The fourth-order valence-electron chi connectivity index (χ4n) is 1.90. The molecule has 1 aliphatic rings. The van der Waals surface area contributed by atoms with Gasteiger partial charge in [0.1, 0.15) is 5.75 Å². The monoisotopic (exact) mass is 218 g/mol. The van der Waals surface area contributed by atoms with E-state index >= 15 is 0 Å². The lowest BCUT2D eigenvalue weighted by Crippen LogP contribution is -2.43. The summed E-state index contributed by atoms with van der Waals surface area (Å²) < 4.78 is 5.42. The average molecular weight is 218 g/mol. The summed E-state index contributed by atoms with van der Waals surface area (Å²) in [6.07, 6.45) is 0. The number of rotatable bonds is 3. The van der Waals surface area contributed by atoms with E-state index in [1.165, 1.54) is 5.69 Å². The predicted octanol–water partition coefficient (Wildman–Crippen LogP) is 1.88. The van der Waals surface area contributed by atoms with Crippen molar-refractivity contribution in [1.82, 2.24) is 4.90 Å². The molecule has 1 saturated heterocycles. The molecule has 0 aliphatic carbocycles. The largest absolute Gasteiger partial charge is 0.494 e. The van der Waals surface area contributed by atoms with Crippen molar-refractivity contribution in [2.75, 3.05) is 37.7 Å². The Morgan fingerprint density at radius 2 is 1.75 bits per heavy atom. The maximum atomic E-state index is 5.73. The molecule has 2 rings (SSSR count). The van der Waals surface area contributed by atoms with Gasteiger partial charge in [-0.3, -0.25) is 4.90 Å². The van der Waals surface area contributed by atoms with Crippen molar-refractivity contribution in [2.24, 2.45) is 0 Å². The van der Waals surface area contributed by atoms with E-state index in [4.69, 9.17) is 11.8 Å². The Labute approximate surface area is 97.6 Å². The summed E-state index contributed by atoms with van der Waals surface area (Å²) in [5, 5.41) is 0. The van der Waals surface area contributed by atoms with Gasteiger partial charge < -0.3 is 9.64 Å². The average Bonchev–Trinajstić information content (AvgIpc) is 2.32. The molecule has 2 radical (unpaired) electrons. The lowest BCUT2D eigenvalue weighted by molar-refractivity contribution is 0.339. The lowest BCUT2D eigenvalue weighted by Gasteiger charge is -2.33. The smallest absolute Gasteiger partial charge is 0.119 e. The Morgan fingerprint density at radius 1 is 1.12 bits per heavy atom. The van der Waals surface area contributed by atoms with Crippen LogP contribution in [0.1, 0.15) is 6.92 Å². The summed E-state index contributed by atoms with van der Waals surface area (Å²) in [5.41, 5.74) is 1.25. The molecule has 0 saturated carbocycles. The first-order chi connectivity index (χ1) is 7.79. The fraction of sp³-hybridized carbons (Fsp3) is 0.462. The zero-order valence-electron chi connectivity index (χ0n) is 9.72. The Hall–Kier alpha value is -1.22. The van der Waals surface area contributed by atoms with Crippen molar-refractivity contribution in [3.8, 4) is 5.75 Å². The minimum absolute atomic E-state index is 0.713. The van der Waals surface area contributed by atoms with Gasteiger partial charge in [-0.1, -0.05) is 0 Å². The molecule has 16 heavy (non-hydrogen) atoms. The van der Waals surface area contributed by atoms with Gasteiger partial charge in [-0.2, -0.15) is 0 Å². The summed E-state index contributed by atoms with van der Waals surface area (Å²) in [4.78, 5) is 4.21. The Morgan fingerprint density at radius 3 is 2.31 bits per heavy atom. The third-order valence-electron chi connectivity index (χ3n) is 2.83. The SMILES string of the molecule is [CH]N1CCN(c2ccc(OCC)cc2)CC1. The van der Waals surface area contributed by atoms with Gasteiger partial charge in [0, 0.05) is 38.9 Å². The summed E-state index contributed by atoms with van der Waals surface area (Å²) >= 11 is 0. The van der Waals surface area contributed by atoms with Crippen molar-refractivity contribution in [3.05, 3.63) is 31.3 Å². The van der Waals surface area contributed by atoms with E-state index in [0.717, 1.165) is 31.9 Å². The molecule has 3 nitrogen and oxygen atoms in total. The molecule has 0 N–H and O–H groups in total. The van der Waals surface area contributed by atoms with E-state index in [1.54, 1.807) is 0 Å². The zero-order chi connectivity index (χ0) is 11.4. The number of ether oxygens (including phenoxy) is 1. The van der Waals surface area contributed by atoms with E-state index in [9.17, 15) is 0 Å². The van der Waals surface area contributed by atoms with E-state index in [-0.39, 0.29) is 0 Å². The van der Waals surface area contributed by atoms with Crippen LogP contribution in [0.4, 0.5) is 5.69 Å². The summed E-state index contributed by atoms with van der Waals surface area (Å²) in [7, 11) is 5.73. The van der Waals surface area contributed by atoms with E-state index in [1.807, 2.05) is 24.0 Å². The van der Waals surface area contributed by atoms with Crippen molar-refractivity contribution >= 4 is 5.69 Å². The Bertz CT molecular complexity index is 315. The normalized spacial score (nSPS) is 17.5. The first-order valence-corrected chi connectivity index (χ1v) is 5.77. The zero-order valence-corrected chi connectivity index (χ0v) is 9.72. The molecule has 0 bridgehead atoms. The second kappa shape index (κ2) is 5.21. The molecule has 0 spiro atoms. The standard InChI is InChI=1S/C13H18N2O/c1-3-16-13-6-4-12(5-7-13)15-10-8-14(2)9-11-15/h2,4-7H,3,8-11H2,1H3. The molecule has 0 unspecified atom stereocenters. The topological polar surface area (TPSA) is 15.7 Å². The third kappa shape index (κ3) is 2.67. The van der Waals surface area contributed by atoms with Crippen molar-refractivity contribution in [2.45, 2.75) is 6.92 Å². The van der Waals surface area contributed by atoms with Crippen LogP contribution < -0.4 is 9.64 Å². The molecule has 1 heterocycles.